The third-order valence-corrected chi connectivity index (χ3v) is 4.50. The summed E-state index contributed by atoms with van der Waals surface area (Å²) in [5.41, 5.74) is 6.92. The second kappa shape index (κ2) is 7.93. The number of H-pyrrole nitrogens is 1. The van der Waals surface area contributed by atoms with E-state index in [0.29, 0.717) is 0 Å². The summed E-state index contributed by atoms with van der Waals surface area (Å²) >= 11 is 0. The Morgan fingerprint density at radius 3 is 2.24 bits per heavy atom. The quantitative estimate of drug-likeness (QED) is 0.769. The van der Waals surface area contributed by atoms with Crippen LogP contribution in [0.5, 0.6) is 0 Å². The van der Waals surface area contributed by atoms with E-state index in [2.05, 4.69) is 67.2 Å². The van der Waals surface area contributed by atoms with Gasteiger partial charge in [0.05, 0.1) is 0 Å². The van der Waals surface area contributed by atoms with Gasteiger partial charge in [0.15, 0.2) is 0 Å². The summed E-state index contributed by atoms with van der Waals surface area (Å²) in [5, 5.41) is 2.26. The van der Waals surface area contributed by atoms with Crippen LogP contribution < -0.4 is 10.6 Å². The maximum absolute atomic E-state index is 4.09. The SMILES string of the molecule is C=C/C=c1/c(-c2c(C=C)c(/C=C\C)n(BC)c2C=C)c(C)[nH]/c1=C/C. The Labute approximate surface area is 151 Å². The average Bonchev–Trinajstić information content (AvgIpc) is 3.08. The zero-order chi connectivity index (χ0) is 18.6. The number of aromatic amines is 1. The van der Waals surface area contributed by atoms with Gasteiger partial charge in [0, 0.05) is 44.3 Å². The largest absolute Gasteiger partial charge is 0.389 e. The van der Waals surface area contributed by atoms with Gasteiger partial charge in [-0.05, 0) is 32.9 Å². The summed E-state index contributed by atoms with van der Waals surface area (Å²) in [7, 11) is 0.874. The Bertz CT molecular complexity index is 965. The molecule has 0 aromatic carbocycles. The normalized spacial score (nSPS) is 12.8. The molecular formula is C22H27BN2. The molecule has 2 aromatic rings. The third kappa shape index (κ3) is 3.02. The number of hydrogen-bond donors (Lipinski definition) is 1. The molecule has 0 spiro atoms. The average molecular weight is 330 g/mol. The first-order valence-electron chi connectivity index (χ1n) is 8.71. The molecule has 0 atom stereocenters. The lowest BCUT2D eigenvalue weighted by Gasteiger charge is -2.07. The molecule has 0 aliphatic rings. The van der Waals surface area contributed by atoms with E-state index in [9.17, 15) is 0 Å². The van der Waals surface area contributed by atoms with Crippen molar-refractivity contribution >= 4 is 37.8 Å². The lowest BCUT2D eigenvalue weighted by atomic mass is 9.97. The molecule has 2 nitrogen and oxygen atoms in total. The standard InChI is InChI=1S/C22H27BN2/c1-8-13-17-18(11-4)24-15(6)21(17)22-16(10-3)20(14-9-2)25(23-7)19(22)12-5/h8-14,23-24H,1,3,5H2,2,4,6-7H3/b14-9-,17-13+,18-11+. The molecule has 0 radical (unpaired) electrons. The van der Waals surface area contributed by atoms with Gasteiger partial charge in [-0.1, -0.05) is 56.9 Å². The fraction of sp³-hybridized carbons (Fsp3) is 0.182. The molecule has 0 unspecified atom stereocenters. The molecule has 2 rings (SSSR count). The van der Waals surface area contributed by atoms with Crippen molar-refractivity contribution in [2.24, 2.45) is 0 Å². The van der Waals surface area contributed by atoms with Crippen LogP contribution in [0.15, 0.2) is 31.9 Å². The highest BCUT2D eigenvalue weighted by atomic mass is 14.9. The van der Waals surface area contributed by atoms with Crippen molar-refractivity contribution in [2.75, 3.05) is 0 Å². The Balaban J connectivity index is 3.12. The van der Waals surface area contributed by atoms with Crippen LogP contribution in [0, 0.1) is 6.92 Å². The molecule has 2 aromatic heterocycles. The topological polar surface area (TPSA) is 20.7 Å². The van der Waals surface area contributed by atoms with Gasteiger partial charge in [-0.15, -0.1) is 0 Å². The van der Waals surface area contributed by atoms with Crippen LogP contribution in [0.3, 0.4) is 0 Å². The highest BCUT2D eigenvalue weighted by Gasteiger charge is 2.21. The Kier molecular flexibility index (Phi) is 5.92. The molecular weight excluding hydrogens is 303 g/mol. The minimum atomic E-state index is 0.874. The Morgan fingerprint density at radius 1 is 1.04 bits per heavy atom. The fourth-order valence-electron chi connectivity index (χ4n) is 3.55. The van der Waals surface area contributed by atoms with Crippen molar-refractivity contribution in [3.05, 3.63) is 65.1 Å². The van der Waals surface area contributed by atoms with Crippen molar-refractivity contribution in [3.8, 4) is 11.1 Å². The zero-order valence-electron chi connectivity index (χ0n) is 15.8. The van der Waals surface area contributed by atoms with Gasteiger partial charge < -0.3 is 9.46 Å². The van der Waals surface area contributed by atoms with Gasteiger partial charge >= 0.3 is 0 Å². The van der Waals surface area contributed by atoms with Crippen molar-refractivity contribution in [3.63, 3.8) is 0 Å². The highest BCUT2D eigenvalue weighted by Crippen LogP contribution is 2.34. The highest BCUT2D eigenvalue weighted by molar-refractivity contribution is 6.33. The van der Waals surface area contributed by atoms with Crippen molar-refractivity contribution in [2.45, 2.75) is 27.6 Å². The number of nitrogens with zero attached hydrogens (tertiary/aromatic N) is 1. The number of aryl methyl sites for hydroxylation is 1. The minimum Gasteiger partial charge on any atom is -0.389 e. The first-order valence-corrected chi connectivity index (χ1v) is 8.71. The molecule has 25 heavy (non-hydrogen) atoms. The van der Waals surface area contributed by atoms with Crippen LogP contribution in [0.1, 0.15) is 36.5 Å². The number of aromatic nitrogens is 2. The molecule has 0 saturated carbocycles. The summed E-state index contributed by atoms with van der Waals surface area (Å²) in [4.78, 5) is 3.50. The number of rotatable bonds is 6. The zero-order valence-corrected chi connectivity index (χ0v) is 15.8. The van der Waals surface area contributed by atoms with E-state index in [4.69, 9.17) is 0 Å². The van der Waals surface area contributed by atoms with Crippen LogP contribution in [0.25, 0.3) is 41.5 Å². The summed E-state index contributed by atoms with van der Waals surface area (Å²) in [6.07, 6.45) is 14.1. The molecule has 128 valence electrons. The van der Waals surface area contributed by atoms with E-state index in [1.54, 1.807) is 0 Å². The third-order valence-electron chi connectivity index (χ3n) is 4.50. The van der Waals surface area contributed by atoms with Gasteiger partial charge in [0.2, 0.25) is 7.41 Å². The molecule has 0 saturated heterocycles. The van der Waals surface area contributed by atoms with Crippen molar-refractivity contribution < 1.29 is 0 Å². The maximum Gasteiger partial charge on any atom is 0.239 e. The second-order valence-corrected chi connectivity index (χ2v) is 5.86. The van der Waals surface area contributed by atoms with Crippen LogP contribution in [0.4, 0.5) is 0 Å². The summed E-state index contributed by atoms with van der Waals surface area (Å²) in [6.45, 7) is 20.4. The van der Waals surface area contributed by atoms with E-state index < -0.39 is 0 Å². The Morgan fingerprint density at radius 2 is 1.76 bits per heavy atom. The Hall–Kier alpha value is -2.68. The predicted molar refractivity (Wildman–Crippen MR) is 116 cm³/mol. The smallest absolute Gasteiger partial charge is 0.239 e. The van der Waals surface area contributed by atoms with Gasteiger partial charge in [0.1, 0.15) is 0 Å². The summed E-state index contributed by atoms with van der Waals surface area (Å²) < 4.78 is 2.29. The van der Waals surface area contributed by atoms with E-state index in [1.807, 2.05) is 32.1 Å². The molecule has 0 fully saturated rings. The first-order chi connectivity index (χ1) is 12.1. The van der Waals surface area contributed by atoms with E-state index >= 15 is 0 Å². The van der Waals surface area contributed by atoms with E-state index in [-0.39, 0.29) is 0 Å². The van der Waals surface area contributed by atoms with Crippen LogP contribution in [0.2, 0.25) is 6.82 Å². The van der Waals surface area contributed by atoms with Gasteiger partial charge in [-0.2, -0.15) is 0 Å². The molecule has 0 aliphatic heterocycles. The monoisotopic (exact) mass is 330 g/mol. The summed E-state index contributed by atoms with van der Waals surface area (Å²) in [6, 6.07) is 0. The van der Waals surface area contributed by atoms with Crippen LogP contribution in [-0.4, -0.2) is 16.9 Å². The molecule has 3 heteroatoms. The molecule has 0 amide bonds. The van der Waals surface area contributed by atoms with Gasteiger partial charge in [0.25, 0.3) is 0 Å². The van der Waals surface area contributed by atoms with Crippen molar-refractivity contribution in [1.29, 1.82) is 0 Å². The van der Waals surface area contributed by atoms with Crippen LogP contribution >= 0.6 is 0 Å². The lowest BCUT2D eigenvalue weighted by molar-refractivity contribution is 1.18. The van der Waals surface area contributed by atoms with Gasteiger partial charge in [-0.3, -0.25) is 0 Å². The molecule has 0 bridgehead atoms. The van der Waals surface area contributed by atoms with Crippen molar-refractivity contribution in [1.82, 2.24) is 9.46 Å². The minimum absolute atomic E-state index is 0.874. The predicted octanol–water partition coefficient (Wildman–Crippen LogP) is 4.13. The second-order valence-electron chi connectivity index (χ2n) is 5.86. The number of hydrogen-bond acceptors (Lipinski definition) is 0. The molecule has 1 N–H and O–H groups in total. The van der Waals surface area contributed by atoms with E-state index in [0.717, 1.165) is 40.6 Å². The molecule has 2 heterocycles. The van der Waals surface area contributed by atoms with E-state index in [1.165, 1.54) is 11.1 Å². The van der Waals surface area contributed by atoms with Gasteiger partial charge in [-0.25, -0.2) is 0 Å². The summed E-state index contributed by atoms with van der Waals surface area (Å²) in [5.74, 6) is 0. The van der Waals surface area contributed by atoms with Crippen LogP contribution in [-0.2, 0) is 0 Å². The fourth-order valence-corrected chi connectivity index (χ4v) is 3.55. The molecule has 0 aliphatic carbocycles. The number of allylic oxidation sites excluding steroid dienone is 2. The number of nitrogens with one attached hydrogen (secondary N) is 1. The lowest BCUT2D eigenvalue weighted by Crippen LogP contribution is -2.23. The first kappa shape index (κ1) is 18.7. The maximum atomic E-state index is 4.09.